The molecule has 0 saturated carbocycles. The Hall–Kier alpha value is -4.95. The molecule has 44 heavy (non-hydrogen) atoms. The highest BCUT2D eigenvalue weighted by molar-refractivity contribution is 6.21. The number of hydrogen-bond donors (Lipinski definition) is 5. The van der Waals surface area contributed by atoms with Gasteiger partial charge in [0.15, 0.2) is 5.78 Å². The topological polar surface area (TPSA) is 201 Å². The average Bonchev–Trinajstić information content (AvgIpc) is 3.85. The Morgan fingerprint density at radius 2 is 1.50 bits per heavy atom. The fourth-order valence-corrected chi connectivity index (χ4v) is 3.24. The Morgan fingerprint density at radius 3 is 1.84 bits per heavy atom. The van der Waals surface area contributed by atoms with E-state index in [0.29, 0.717) is 43.2 Å². The number of imide groups is 1. The Morgan fingerprint density at radius 1 is 0.955 bits per heavy atom. The van der Waals surface area contributed by atoms with Gasteiger partial charge in [0.05, 0.1) is 37.0 Å². The Bertz CT molecular complexity index is 1240. The van der Waals surface area contributed by atoms with Gasteiger partial charge in [0.2, 0.25) is 11.8 Å². The number of epoxide rings is 1. The van der Waals surface area contributed by atoms with Crippen LogP contribution in [0.3, 0.4) is 0 Å². The third-order valence-corrected chi connectivity index (χ3v) is 5.51. The summed E-state index contributed by atoms with van der Waals surface area (Å²) in [6, 6.07) is 15.6. The number of carbonyl (C=O) groups is 5. The maximum atomic E-state index is 11.8. The van der Waals surface area contributed by atoms with Gasteiger partial charge >= 0.3 is 0 Å². The number of amides is 4. The standard InChI is InChI=1S/C11H9NO3.C7H11NO2.C6H6O.C4H7NO2.C3H5NO/c13-10-8-3-1-2-4-9(8)11(14)12(10)5-7-6-15-7;1-2-6(9)7-5-8-3-4-10-7;7-6-4-2-1-3-5-6;1-2-4(7)5-3-6;1-2-3(4)5/h1-4,7H,5-6H2;2,7-8H,1,3-5H2;1-5,7H;2,6H,1,3H2,(H,5,7);2H,1H2,(H2,4,5). The van der Waals surface area contributed by atoms with Crippen LogP contribution in [-0.4, -0.2) is 96.3 Å². The lowest BCUT2D eigenvalue weighted by atomic mass is 10.1. The summed E-state index contributed by atoms with van der Waals surface area (Å²) in [5.74, 6) is -0.959. The van der Waals surface area contributed by atoms with Crippen LogP contribution >= 0.6 is 0 Å². The Labute approximate surface area is 255 Å². The molecule has 0 aliphatic carbocycles. The molecule has 0 aromatic heterocycles. The molecule has 236 valence electrons. The van der Waals surface area contributed by atoms with Gasteiger partial charge in [-0.1, -0.05) is 50.1 Å². The number of nitrogens with two attached hydrogens (primary N) is 1. The van der Waals surface area contributed by atoms with E-state index in [-0.39, 0.29) is 42.4 Å². The number of nitrogens with one attached hydrogen (secondary N) is 2. The minimum atomic E-state index is -0.481. The molecule has 13 heteroatoms. The number of morpholine rings is 1. The second-order valence-corrected chi connectivity index (χ2v) is 8.74. The van der Waals surface area contributed by atoms with Gasteiger partial charge in [-0.05, 0) is 42.5 Å². The van der Waals surface area contributed by atoms with Crippen molar-refractivity contribution in [3.63, 3.8) is 0 Å². The predicted octanol–water partition coefficient (Wildman–Crippen LogP) is 0.700. The fourth-order valence-electron chi connectivity index (χ4n) is 3.24. The molecule has 2 unspecified atom stereocenters. The van der Waals surface area contributed by atoms with Crippen LogP contribution in [0.2, 0.25) is 0 Å². The number of ketones is 1. The van der Waals surface area contributed by atoms with E-state index in [9.17, 15) is 24.0 Å². The SMILES string of the molecule is C=CC(=O)C1CNCCO1.C=CC(=O)NCO.C=CC(N)=O.O=C1c2ccccc2C(=O)N1CC1CO1.Oc1ccccc1. The first-order valence-corrected chi connectivity index (χ1v) is 13.3. The van der Waals surface area contributed by atoms with Gasteiger partial charge in [-0.3, -0.25) is 28.9 Å². The molecule has 5 rings (SSSR count). The van der Waals surface area contributed by atoms with Crippen molar-refractivity contribution in [3.8, 4) is 5.75 Å². The summed E-state index contributed by atoms with van der Waals surface area (Å²) in [6.45, 7) is 12.4. The van der Waals surface area contributed by atoms with Gasteiger partial charge in [-0.25, -0.2) is 0 Å². The quantitative estimate of drug-likeness (QED) is 0.129. The van der Waals surface area contributed by atoms with Crippen LogP contribution < -0.4 is 16.4 Å². The summed E-state index contributed by atoms with van der Waals surface area (Å²) in [5, 5.41) is 21.8. The van der Waals surface area contributed by atoms with Gasteiger partial charge < -0.3 is 36.1 Å². The van der Waals surface area contributed by atoms with Crippen molar-refractivity contribution < 1.29 is 43.7 Å². The number of phenols is 1. The largest absolute Gasteiger partial charge is 0.508 e. The maximum absolute atomic E-state index is 11.8. The number of rotatable bonds is 7. The molecule has 0 radical (unpaired) electrons. The van der Waals surface area contributed by atoms with E-state index < -0.39 is 5.91 Å². The van der Waals surface area contributed by atoms with Crippen LogP contribution in [0, 0.1) is 0 Å². The molecule has 4 amide bonds. The minimum absolute atomic E-state index is 0.0350. The molecular weight excluding hydrogens is 572 g/mol. The van der Waals surface area contributed by atoms with E-state index in [2.05, 4.69) is 36.1 Å². The normalized spacial score (nSPS) is 17.1. The first kappa shape index (κ1) is 37.1. The monoisotopic (exact) mass is 610 g/mol. The van der Waals surface area contributed by atoms with E-state index in [1.165, 1.54) is 11.0 Å². The minimum Gasteiger partial charge on any atom is -0.508 e. The zero-order valence-corrected chi connectivity index (χ0v) is 24.2. The molecule has 0 spiro atoms. The van der Waals surface area contributed by atoms with Crippen LogP contribution in [0.5, 0.6) is 5.75 Å². The van der Waals surface area contributed by atoms with Crippen molar-refractivity contribution in [3.05, 3.63) is 104 Å². The number of para-hydroxylation sites is 1. The molecule has 2 saturated heterocycles. The number of aromatic hydroxyl groups is 1. The van der Waals surface area contributed by atoms with E-state index in [4.69, 9.17) is 19.7 Å². The number of phenolic OH excluding ortho intramolecular Hbond substituents is 1. The Kier molecular flexibility index (Phi) is 17.6. The number of benzene rings is 2. The number of aliphatic hydroxyl groups is 1. The van der Waals surface area contributed by atoms with Gasteiger partial charge in [0.25, 0.3) is 11.8 Å². The number of hydrogen-bond acceptors (Lipinski definition) is 10. The number of carbonyl (C=O) groups excluding carboxylic acids is 5. The molecule has 6 N–H and O–H groups in total. The zero-order valence-electron chi connectivity index (χ0n) is 24.2. The molecule has 3 aliphatic rings. The second-order valence-electron chi connectivity index (χ2n) is 8.74. The summed E-state index contributed by atoms with van der Waals surface area (Å²) in [7, 11) is 0. The van der Waals surface area contributed by atoms with E-state index in [0.717, 1.165) is 18.7 Å². The molecule has 0 bridgehead atoms. The molecule has 2 fully saturated rings. The number of nitrogens with zero attached hydrogens (tertiary/aromatic N) is 1. The molecule has 2 atom stereocenters. The second kappa shape index (κ2) is 20.9. The highest BCUT2D eigenvalue weighted by Crippen LogP contribution is 2.24. The summed E-state index contributed by atoms with van der Waals surface area (Å²) in [4.78, 5) is 55.3. The van der Waals surface area contributed by atoms with Gasteiger partial charge in [0.1, 0.15) is 18.6 Å². The zero-order chi connectivity index (χ0) is 32.9. The molecule has 3 heterocycles. The van der Waals surface area contributed by atoms with Crippen molar-refractivity contribution >= 4 is 29.4 Å². The summed E-state index contributed by atoms with van der Waals surface area (Å²) in [6.07, 6.45) is 3.20. The van der Waals surface area contributed by atoms with Crippen molar-refractivity contribution in [2.24, 2.45) is 5.73 Å². The lowest BCUT2D eigenvalue weighted by Crippen LogP contribution is -2.42. The fraction of sp³-hybridized carbons (Fsp3) is 0.258. The van der Waals surface area contributed by atoms with Gasteiger partial charge in [-0.15, -0.1) is 0 Å². The summed E-state index contributed by atoms with van der Waals surface area (Å²) >= 11 is 0. The molecular formula is C31H38N4O9. The van der Waals surface area contributed by atoms with Gasteiger partial charge in [0, 0.05) is 13.1 Å². The van der Waals surface area contributed by atoms with Crippen LogP contribution in [0.25, 0.3) is 0 Å². The highest BCUT2D eigenvalue weighted by atomic mass is 16.6. The van der Waals surface area contributed by atoms with E-state index >= 15 is 0 Å². The molecule has 3 aliphatic heterocycles. The van der Waals surface area contributed by atoms with Crippen LogP contribution in [0.15, 0.2) is 92.6 Å². The predicted molar refractivity (Wildman–Crippen MR) is 162 cm³/mol. The molecule has 13 nitrogen and oxygen atoms in total. The highest BCUT2D eigenvalue weighted by Gasteiger charge is 2.39. The van der Waals surface area contributed by atoms with Crippen LogP contribution in [0.1, 0.15) is 20.7 Å². The van der Waals surface area contributed by atoms with Crippen molar-refractivity contribution in [1.82, 2.24) is 15.5 Å². The van der Waals surface area contributed by atoms with Crippen molar-refractivity contribution in [2.45, 2.75) is 12.2 Å². The summed E-state index contributed by atoms with van der Waals surface area (Å²) < 4.78 is 10.2. The number of aliphatic hydroxyl groups excluding tert-OH is 1. The third kappa shape index (κ3) is 14.3. The first-order valence-electron chi connectivity index (χ1n) is 13.3. The summed E-state index contributed by atoms with van der Waals surface area (Å²) in [5.41, 5.74) is 5.54. The van der Waals surface area contributed by atoms with Crippen molar-refractivity contribution in [2.75, 3.05) is 39.6 Å². The number of ether oxygens (including phenoxy) is 2. The Balaban J connectivity index is 0.000000294. The van der Waals surface area contributed by atoms with Crippen molar-refractivity contribution in [1.29, 1.82) is 0 Å². The molecule has 2 aromatic carbocycles. The number of fused-ring (bicyclic) bond motifs is 1. The van der Waals surface area contributed by atoms with E-state index in [1.807, 2.05) is 6.07 Å². The molecule has 2 aromatic rings. The lowest BCUT2D eigenvalue weighted by molar-refractivity contribution is -0.127. The average molecular weight is 611 g/mol. The van der Waals surface area contributed by atoms with Gasteiger partial charge in [-0.2, -0.15) is 0 Å². The maximum Gasteiger partial charge on any atom is 0.261 e. The van der Waals surface area contributed by atoms with Crippen LogP contribution in [0.4, 0.5) is 0 Å². The van der Waals surface area contributed by atoms with E-state index in [1.54, 1.807) is 48.5 Å². The lowest BCUT2D eigenvalue weighted by Gasteiger charge is -2.20. The number of primary amides is 1. The smallest absolute Gasteiger partial charge is 0.261 e. The van der Waals surface area contributed by atoms with Crippen LogP contribution in [-0.2, 0) is 23.9 Å². The third-order valence-electron chi connectivity index (χ3n) is 5.51. The first-order chi connectivity index (χ1) is 21.1.